The zero-order valence-corrected chi connectivity index (χ0v) is 9.55. The highest BCUT2D eigenvalue weighted by atomic mass is 32.2. The molecule has 3 nitrogen and oxygen atoms in total. The zero-order valence-electron chi connectivity index (χ0n) is 8.73. The molecular formula is C10H17N3S. The van der Waals surface area contributed by atoms with Gasteiger partial charge in [0.1, 0.15) is 0 Å². The molecule has 1 atom stereocenters. The summed E-state index contributed by atoms with van der Waals surface area (Å²) in [4.78, 5) is 4.26. The van der Waals surface area contributed by atoms with E-state index < -0.39 is 0 Å². The number of aromatic nitrogens is 2. The van der Waals surface area contributed by atoms with Crippen molar-refractivity contribution in [2.45, 2.75) is 17.3 Å². The van der Waals surface area contributed by atoms with Gasteiger partial charge in [0, 0.05) is 37.8 Å². The third kappa shape index (κ3) is 3.55. The van der Waals surface area contributed by atoms with Gasteiger partial charge in [-0.3, -0.25) is 0 Å². The Morgan fingerprint density at radius 2 is 2.57 bits per heavy atom. The minimum atomic E-state index is 0.524. The van der Waals surface area contributed by atoms with Gasteiger partial charge in [-0.15, -0.1) is 6.58 Å². The first kappa shape index (κ1) is 11.3. The van der Waals surface area contributed by atoms with E-state index in [9.17, 15) is 0 Å². The van der Waals surface area contributed by atoms with Crippen LogP contribution in [0.1, 0.15) is 6.92 Å². The van der Waals surface area contributed by atoms with E-state index in [0.29, 0.717) is 5.25 Å². The molecule has 14 heavy (non-hydrogen) atoms. The molecule has 0 saturated heterocycles. The Labute approximate surface area is 89.6 Å². The fourth-order valence-electron chi connectivity index (χ4n) is 1.08. The summed E-state index contributed by atoms with van der Waals surface area (Å²) in [5, 5.41) is 4.88. The Morgan fingerprint density at radius 3 is 3.14 bits per heavy atom. The average molecular weight is 211 g/mol. The molecule has 0 spiro atoms. The standard InChI is InChI=1S/C10H17N3S/c1-4-5-11-8-9(2)14-10-12-6-7-13(10)3/h4,6-7,9,11H,1,5,8H2,2-3H3. The first-order valence-corrected chi connectivity index (χ1v) is 5.57. The summed E-state index contributed by atoms with van der Waals surface area (Å²) in [6.45, 7) is 7.69. The molecule has 0 aliphatic carbocycles. The van der Waals surface area contributed by atoms with Gasteiger partial charge < -0.3 is 9.88 Å². The minimum Gasteiger partial charge on any atom is -0.329 e. The molecule has 0 saturated carbocycles. The lowest BCUT2D eigenvalue weighted by Gasteiger charge is -2.10. The number of nitrogens with one attached hydrogen (secondary N) is 1. The van der Waals surface area contributed by atoms with Gasteiger partial charge in [0.2, 0.25) is 0 Å². The van der Waals surface area contributed by atoms with Gasteiger partial charge in [0.25, 0.3) is 0 Å². The van der Waals surface area contributed by atoms with Crippen LogP contribution in [0.15, 0.2) is 30.2 Å². The van der Waals surface area contributed by atoms with Crippen molar-refractivity contribution < 1.29 is 0 Å². The van der Waals surface area contributed by atoms with Crippen LogP contribution < -0.4 is 5.32 Å². The molecule has 0 bridgehead atoms. The van der Waals surface area contributed by atoms with Crippen molar-refractivity contribution in [1.29, 1.82) is 0 Å². The van der Waals surface area contributed by atoms with Crippen molar-refractivity contribution in [3.8, 4) is 0 Å². The largest absolute Gasteiger partial charge is 0.329 e. The molecule has 0 fully saturated rings. The third-order valence-electron chi connectivity index (χ3n) is 1.80. The van der Waals surface area contributed by atoms with E-state index in [0.717, 1.165) is 18.2 Å². The summed E-state index contributed by atoms with van der Waals surface area (Å²) in [6, 6.07) is 0. The summed E-state index contributed by atoms with van der Waals surface area (Å²) in [5.41, 5.74) is 0. The summed E-state index contributed by atoms with van der Waals surface area (Å²) < 4.78 is 2.04. The van der Waals surface area contributed by atoms with Crippen molar-refractivity contribution in [3.63, 3.8) is 0 Å². The Kier molecular flexibility index (Phi) is 4.76. The second kappa shape index (κ2) is 5.88. The predicted octanol–water partition coefficient (Wildman–Crippen LogP) is 1.68. The molecule has 1 unspecified atom stereocenters. The number of imidazole rings is 1. The van der Waals surface area contributed by atoms with Crippen molar-refractivity contribution in [2.24, 2.45) is 7.05 Å². The second-order valence-electron chi connectivity index (χ2n) is 3.20. The Morgan fingerprint density at radius 1 is 1.79 bits per heavy atom. The van der Waals surface area contributed by atoms with Crippen LogP contribution in [0.2, 0.25) is 0 Å². The van der Waals surface area contributed by atoms with E-state index in [1.807, 2.05) is 30.1 Å². The van der Waals surface area contributed by atoms with Crippen LogP contribution in [-0.4, -0.2) is 27.9 Å². The molecule has 1 aromatic rings. The maximum atomic E-state index is 4.26. The van der Waals surface area contributed by atoms with Crippen molar-refractivity contribution >= 4 is 11.8 Å². The summed E-state index contributed by atoms with van der Waals surface area (Å²) >= 11 is 1.78. The summed E-state index contributed by atoms with van der Waals surface area (Å²) in [6.07, 6.45) is 5.66. The second-order valence-corrected chi connectivity index (χ2v) is 4.60. The van der Waals surface area contributed by atoms with Crippen molar-refractivity contribution in [2.75, 3.05) is 13.1 Å². The molecule has 0 aliphatic heterocycles. The fraction of sp³-hybridized carbons (Fsp3) is 0.500. The predicted molar refractivity (Wildman–Crippen MR) is 61.6 cm³/mol. The van der Waals surface area contributed by atoms with Crippen LogP contribution in [0.5, 0.6) is 0 Å². The van der Waals surface area contributed by atoms with Gasteiger partial charge in [-0.05, 0) is 0 Å². The van der Waals surface area contributed by atoms with Crippen LogP contribution in [0, 0.1) is 0 Å². The van der Waals surface area contributed by atoms with Gasteiger partial charge in [-0.2, -0.15) is 0 Å². The quantitative estimate of drug-likeness (QED) is 0.441. The van der Waals surface area contributed by atoms with Gasteiger partial charge in [0.15, 0.2) is 5.16 Å². The molecule has 0 aromatic carbocycles. The van der Waals surface area contributed by atoms with Crippen LogP contribution >= 0.6 is 11.8 Å². The summed E-state index contributed by atoms with van der Waals surface area (Å²) in [5.74, 6) is 0. The van der Waals surface area contributed by atoms with Gasteiger partial charge in [0.05, 0.1) is 0 Å². The lowest BCUT2D eigenvalue weighted by molar-refractivity contribution is 0.730. The molecule has 78 valence electrons. The van der Waals surface area contributed by atoms with E-state index in [1.165, 1.54) is 0 Å². The van der Waals surface area contributed by atoms with Crippen LogP contribution in [0.4, 0.5) is 0 Å². The van der Waals surface area contributed by atoms with E-state index >= 15 is 0 Å². The number of aryl methyl sites for hydroxylation is 1. The maximum absolute atomic E-state index is 4.26. The highest BCUT2D eigenvalue weighted by Crippen LogP contribution is 2.19. The molecule has 0 aliphatic rings. The number of rotatable bonds is 6. The Hall–Kier alpha value is -0.740. The first-order chi connectivity index (χ1) is 6.74. The zero-order chi connectivity index (χ0) is 10.4. The molecule has 1 aromatic heterocycles. The number of nitrogens with zero attached hydrogens (tertiary/aromatic N) is 2. The Bertz CT molecular complexity index is 283. The van der Waals surface area contributed by atoms with E-state index in [-0.39, 0.29) is 0 Å². The highest BCUT2D eigenvalue weighted by molar-refractivity contribution is 7.99. The fourth-order valence-corrected chi connectivity index (χ4v) is 1.99. The smallest absolute Gasteiger partial charge is 0.167 e. The molecule has 0 radical (unpaired) electrons. The SMILES string of the molecule is C=CCNCC(C)Sc1nccn1C. The van der Waals surface area contributed by atoms with E-state index in [4.69, 9.17) is 0 Å². The molecule has 4 heteroatoms. The first-order valence-electron chi connectivity index (χ1n) is 4.69. The number of thioether (sulfide) groups is 1. The van der Waals surface area contributed by atoms with Gasteiger partial charge >= 0.3 is 0 Å². The number of hydrogen-bond acceptors (Lipinski definition) is 3. The topological polar surface area (TPSA) is 29.9 Å². The van der Waals surface area contributed by atoms with Gasteiger partial charge in [-0.1, -0.05) is 24.8 Å². The van der Waals surface area contributed by atoms with Crippen LogP contribution in [0.3, 0.4) is 0 Å². The lowest BCUT2D eigenvalue weighted by atomic mass is 10.4. The number of hydrogen-bond donors (Lipinski definition) is 1. The monoisotopic (exact) mass is 211 g/mol. The minimum absolute atomic E-state index is 0.524. The molecular weight excluding hydrogens is 194 g/mol. The molecule has 1 heterocycles. The average Bonchev–Trinajstić information content (AvgIpc) is 2.52. The van der Waals surface area contributed by atoms with Crippen molar-refractivity contribution in [3.05, 3.63) is 25.0 Å². The highest BCUT2D eigenvalue weighted by Gasteiger charge is 2.06. The van der Waals surface area contributed by atoms with Crippen molar-refractivity contribution in [1.82, 2.24) is 14.9 Å². The van der Waals surface area contributed by atoms with E-state index in [2.05, 4.69) is 23.8 Å². The molecule has 1 N–H and O–H groups in total. The van der Waals surface area contributed by atoms with Gasteiger partial charge in [-0.25, -0.2) is 4.98 Å². The van der Waals surface area contributed by atoms with E-state index in [1.54, 1.807) is 11.8 Å². The maximum Gasteiger partial charge on any atom is 0.167 e. The lowest BCUT2D eigenvalue weighted by Crippen LogP contribution is -2.22. The molecule has 0 amide bonds. The Balaban J connectivity index is 2.30. The van der Waals surface area contributed by atoms with Crippen LogP contribution in [-0.2, 0) is 7.05 Å². The summed E-state index contributed by atoms with van der Waals surface area (Å²) in [7, 11) is 2.01. The van der Waals surface area contributed by atoms with Crippen LogP contribution in [0.25, 0.3) is 0 Å². The normalized spacial score (nSPS) is 12.7. The molecule has 1 rings (SSSR count). The third-order valence-corrected chi connectivity index (χ3v) is 2.98.